The Morgan fingerprint density at radius 2 is 2.26 bits per heavy atom. The van der Waals surface area contributed by atoms with Crippen molar-refractivity contribution < 1.29 is 5.11 Å². The van der Waals surface area contributed by atoms with Gasteiger partial charge >= 0.3 is 0 Å². The third-order valence-electron chi connectivity index (χ3n) is 4.57. The average Bonchev–Trinajstić information content (AvgIpc) is 2.83. The predicted octanol–water partition coefficient (Wildman–Crippen LogP) is 2.15. The second-order valence-electron chi connectivity index (χ2n) is 5.89. The number of aromatic nitrogens is 2. The lowest BCUT2D eigenvalue weighted by Gasteiger charge is -2.38. The summed E-state index contributed by atoms with van der Waals surface area (Å²) in [6.45, 7) is 8.29. The molecule has 1 aliphatic rings. The van der Waals surface area contributed by atoms with E-state index in [1.54, 1.807) is 0 Å². The summed E-state index contributed by atoms with van der Waals surface area (Å²) >= 11 is 0. The fraction of sp³-hybridized carbons (Fsp3) is 0.800. The maximum Gasteiger partial charge on any atom is 0.0753 e. The first kappa shape index (κ1) is 14.5. The van der Waals surface area contributed by atoms with E-state index >= 15 is 0 Å². The summed E-state index contributed by atoms with van der Waals surface area (Å²) in [4.78, 5) is 0. The van der Waals surface area contributed by atoms with E-state index < -0.39 is 5.60 Å². The van der Waals surface area contributed by atoms with Crippen LogP contribution in [0.5, 0.6) is 0 Å². The monoisotopic (exact) mass is 265 g/mol. The van der Waals surface area contributed by atoms with Crippen molar-refractivity contribution in [2.24, 2.45) is 5.92 Å². The van der Waals surface area contributed by atoms with Crippen molar-refractivity contribution in [1.82, 2.24) is 15.1 Å². The number of rotatable bonds is 5. The summed E-state index contributed by atoms with van der Waals surface area (Å²) in [6.07, 6.45) is 5.74. The Bertz CT molecular complexity index is 400. The van der Waals surface area contributed by atoms with Gasteiger partial charge in [0.1, 0.15) is 0 Å². The first-order chi connectivity index (χ1) is 9.09. The van der Waals surface area contributed by atoms with Crippen molar-refractivity contribution in [3.05, 3.63) is 18.0 Å². The average molecular weight is 265 g/mol. The maximum absolute atomic E-state index is 10.8. The van der Waals surface area contributed by atoms with E-state index in [0.717, 1.165) is 38.0 Å². The molecule has 0 amide bonds. The Labute approximate surface area is 116 Å². The van der Waals surface area contributed by atoms with Crippen LogP contribution >= 0.6 is 0 Å². The van der Waals surface area contributed by atoms with E-state index in [4.69, 9.17) is 0 Å². The molecule has 108 valence electrons. The molecular formula is C15H27N3O. The zero-order valence-corrected chi connectivity index (χ0v) is 12.4. The minimum Gasteiger partial charge on any atom is -0.389 e. The lowest BCUT2D eigenvalue weighted by Crippen LogP contribution is -2.50. The maximum atomic E-state index is 10.8. The van der Waals surface area contributed by atoms with Gasteiger partial charge in [-0.2, -0.15) is 5.10 Å². The predicted molar refractivity (Wildman–Crippen MR) is 77.2 cm³/mol. The molecule has 1 fully saturated rings. The Morgan fingerprint density at radius 3 is 2.89 bits per heavy atom. The minimum atomic E-state index is -0.599. The van der Waals surface area contributed by atoms with Crippen LogP contribution in [0.15, 0.2) is 12.3 Å². The minimum absolute atomic E-state index is 0.277. The molecule has 1 aliphatic heterocycles. The van der Waals surface area contributed by atoms with Crippen molar-refractivity contribution >= 4 is 0 Å². The lowest BCUT2D eigenvalue weighted by molar-refractivity contribution is -0.0338. The zero-order valence-electron chi connectivity index (χ0n) is 12.4. The van der Waals surface area contributed by atoms with Crippen molar-refractivity contribution in [2.75, 3.05) is 13.1 Å². The molecule has 1 saturated heterocycles. The second kappa shape index (κ2) is 6.06. The molecule has 0 bridgehead atoms. The summed E-state index contributed by atoms with van der Waals surface area (Å²) in [5, 5.41) is 18.8. The summed E-state index contributed by atoms with van der Waals surface area (Å²) < 4.78 is 2.06. The molecule has 0 saturated carbocycles. The van der Waals surface area contributed by atoms with E-state index in [1.165, 1.54) is 0 Å². The van der Waals surface area contributed by atoms with Gasteiger partial charge in [0.15, 0.2) is 0 Å². The number of piperidine rings is 1. The summed E-state index contributed by atoms with van der Waals surface area (Å²) in [7, 11) is 0. The molecule has 2 unspecified atom stereocenters. The molecule has 1 aromatic rings. The molecule has 2 atom stereocenters. The van der Waals surface area contributed by atoms with E-state index in [2.05, 4.69) is 48.1 Å². The van der Waals surface area contributed by atoms with Crippen LogP contribution in [0, 0.1) is 5.92 Å². The van der Waals surface area contributed by atoms with E-state index in [-0.39, 0.29) is 5.92 Å². The van der Waals surface area contributed by atoms with Crippen molar-refractivity contribution in [1.29, 1.82) is 0 Å². The Hall–Kier alpha value is -0.870. The zero-order chi connectivity index (χ0) is 13.9. The molecule has 4 heteroatoms. The van der Waals surface area contributed by atoms with Crippen LogP contribution in [0.2, 0.25) is 0 Å². The van der Waals surface area contributed by atoms with Crippen LogP contribution in [0.1, 0.15) is 51.8 Å². The SMILES string of the molecule is CCC(CC)n1ccc(CC2(O)CCNCC2C)n1. The van der Waals surface area contributed by atoms with Gasteiger partial charge in [-0.15, -0.1) is 0 Å². The molecule has 0 aromatic carbocycles. The molecule has 4 nitrogen and oxygen atoms in total. The van der Waals surface area contributed by atoms with Gasteiger partial charge in [0.25, 0.3) is 0 Å². The van der Waals surface area contributed by atoms with Gasteiger partial charge in [0.2, 0.25) is 0 Å². The highest BCUT2D eigenvalue weighted by molar-refractivity contribution is 5.07. The quantitative estimate of drug-likeness (QED) is 0.857. The Balaban J connectivity index is 2.06. The standard InChI is InChI=1S/C15H27N3O/c1-4-14(5-2)18-9-6-13(17-18)10-15(19)7-8-16-11-12(15)3/h6,9,12,14,16,19H,4-5,7-8,10-11H2,1-3H3. The first-order valence-corrected chi connectivity index (χ1v) is 7.56. The number of hydrogen-bond donors (Lipinski definition) is 2. The topological polar surface area (TPSA) is 50.1 Å². The third kappa shape index (κ3) is 3.18. The number of nitrogens with one attached hydrogen (secondary N) is 1. The van der Waals surface area contributed by atoms with Gasteiger partial charge in [-0.1, -0.05) is 20.8 Å². The summed E-state index contributed by atoms with van der Waals surface area (Å²) in [5.74, 6) is 0.277. The van der Waals surface area contributed by atoms with Gasteiger partial charge in [0.05, 0.1) is 17.3 Å². The number of aliphatic hydroxyl groups is 1. The molecule has 1 aromatic heterocycles. The molecular weight excluding hydrogens is 238 g/mol. The second-order valence-corrected chi connectivity index (χ2v) is 5.89. The van der Waals surface area contributed by atoms with Gasteiger partial charge in [0, 0.05) is 19.2 Å². The van der Waals surface area contributed by atoms with E-state index in [9.17, 15) is 5.11 Å². The highest BCUT2D eigenvalue weighted by atomic mass is 16.3. The normalized spacial score (nSPS) is 27.9. The van der Waals surface area contributed by atoms with Crippen LogP contribution < -0.4 is 5.32 Å². The van der Waals surface area contributed by atoms with Crippen LogP contribution in [0.3, 0.4) is 0 Å². The summed E-state index contributed by atoms with van der Waals surface area (Å²) in [6, 6.07) is 2.54. The number of nitrogens with zero attached hydrogens (tertiary/aromatic N) is 2. The highest BCUT2D eigenvalue weighted by Crippen LogP contribution is 2.28. The number of hydrogen-bond acceptors (Lipinski definition) is 3. The summed E-state index contributed by atoms with van der Waals surface area (Å²) in [5.41, 5.74) is 0.418. The Kier molecular flexibility index (Phi) is 4.63. The molecule has 2 heterocycles. The van der Waals surface area contributed by atoms with Crippen molar-refractivity contribution in [3.63, 3.8) is 0 Å². The third-order valence-corrected chi connectivity index (χ3v) is 4.57. The molecule has 0 radical (unpaired) electrons. The van der Waals surface area contributed by atoms with Gasteiger partial charge in [-0.3, -0.25) is 4.68 Å². The first-order valence-electron chi connectivity index (χ1n) is 7.56. The largest absolute Gasteiger partial charge is 0.389 e. The molecule has 19 heavy (non-hydrogen) atoms. The van der Waals surface area contributed by atoms with Gasteiger partial charge in [-0.25, -0.2) is 0 Å². The van der Waals surface area contributed by atoms with E-state index in [0.29, 0.717) is 12.5 Å². The molecule has 0 spiro atoms. The van der Waals surface area contributed by atoms with Crippen LogP contribution in [0.25, 0.3) is 0 Å². The molecule has 2 N–H and O–H groups in total. The smallest absolute Gasteiger partial charge is 0.0753 e. The molecule has 0 aliphatic carbocycles. The Morgan fingerprint density at radius 1 is 1.53 bits per heavy atom. The highest BCUT2D eigenvalue weighted by Gasteiger charge is 2.36. The van der Waals surface area contributed by atoms with Crippen molar-refractivity contribution in [3.8, 4) is 0 Å². The fourth-order valence-corrected chi connectivity index (χ4v) is 2.97. The van der Waals surface area contributed by atoms with E-state index in [1.807, 2.05) is 0 Å². The lowest BCUT2D eigenvalue weighted by atomic mass is 9.79. The van der Waals surface area contributed by atoms with Gasteiger partial charge in [-0.05, 0) is 37.8 Å². The van der Waals surface area contributed by atoms with Crippen LogP contribution in [0.4, 0.5) is 0 Å². The van der Waals surface area contributed by atoms with Crippen molar-refractivity contribution in [2.45, 2.75) is 58.1 Å². The van der Waals surface area contributed by atoms with Crippen LogP contribution in [-0.2, 0) is 6.42 Å². The van der Waals surface area contributed by atoms with Gasteiger partial charge < -0.3 is 10.4 Å². The fourth-order valence-electron chi connectivity index (χ4n) is 2.97. The van der Waals surface area contributed by atoms with Crippen LogP contribution in [-0.4, -0.2) is 33.6 Å². The molecule has 2 rings (SSSR count).